The second kappa shape index (κ2) is 10.7. The van der Waals surface area contributed by atoms with E-state index < -0.39 is 0 Å². The molecule has 4 saturated carbocycles. The molecule has 0 aliphatic heterocycles. The minimum absolute atomic E-state index is 0.345. The van der Waals surface area contributed by atoms with E-state index in [1.807, 2.05) is 67.0 Å². The van der Waals surface area contributed by atoms with Crippen molar-refractivity contribution in [3.63, 3.8) is 0 Å². The van der Waals surface area contributed by atoms with Crippen LogP contribution in [-0.2, 0) is 5.41 Å². The van der Waals surface area contributed by atoms with Crippen molar-refractivity contribution in [3.05, 3.63) is 121 Å². The zero-order valence-electron chi connectivity index (χ0n) is 25.6. The van der Waals surface area contributed by atoms with Crippen LogP contribution >= 0.6 is 0 Å². The molecule has 5 nitrogen and oxygen atoms in total. The van der Waals surface area contributed by atoms with Crippen LogP contribution in [0.1, 0.15) is 49.7 Å². The van der Waals surface area contributed by atoms with Crippen LogP contribution in [-0.4, -0.2) is 19.9 Å². The van der Waals surface area contributed by atoms with Crippen molar-refractivity contribution in [2.75, 3.05) is 0 Å². The normalized spacial score (nSPS) is 23.0. The molecule has 0 radical (unpaired) electrons. The summed E-state index contributed by atoms with van der Waals surface area (Å²) in [6.45, 7) is 0. The number of hydrogen-bond acceptors (Lipinski definition) is 5. The molecule has 2 heterocycles. The summed E-state index contributed by atoms with van der Waals surface area (Å²) in [6.07, 6.45) is 12.0. The molecule has 4 aliphatic rings. The van der Waals surface area contributed by atoms with Crippen molar-refractivity contribution < 1.29 is 0 Å². The van der Waals surface area contributed by atoms with E-state index >= 15 is 0 Å². The molecule has 0 amide bonds. The molecule has 4 fully saturated rings. The van der Waals surface area contributed by atoms with E-state index in [0.29, 0.717) is 28.5 Å². The quantitative estimate of drug-likeness (QED) is 0.198. The van der Waals surface area contributed by atoms with Crippen molar-refractivity contribution >= 4 is 10.8 Å². The fraction of sp³-hybridized carbons (Fsp3) is 0.244. The van der Waals surface area contributed by atoms with Gasteiger partial charge in [-0.1, -0.05) is 72.8 Å². The third kappa shape index (κ3) is 4.60. The Labute approximate surface area is 269 Å². The van der Waals surface area contributed by atoms with Crippen LogP contribution in [0.4, 0.5) is 0 Å². The van der Waals surface area contributed by atoms with Crippen LogP contribution in [0, 0.1) is 29.1 Å². The van der Waals surface area contributed by atoms with Crippen LogP contribution < -0.4 is 0 Å². The molecule has 0 unspecified atom stereocenters. The maximum atomic E-state index is 9.80. The van der Waals surface area contributed by atoms with Crippen molar-refractivity contribution in [2.45, 2.75) is 43.9 Å². The summed E-state index contributed by atoms with van der Waals surface area (Å²) in [5, 5.41) is 11.6. The molecule has 4 aliphatic carbocycles. The van der Waals surface area contributed by atoms with E-state index in [2.05, 4.69) is 53.5 Å². The summed E-state index contributed by atoms with van der Waals surface area (Å²) in [5.41, 5.74) is 7.43. The van der Waals surface area contributed by atoms with E-state index in [1.165, 1.54) is 44.1 Å². The summed E-state index contributed by atoms with van der Waals surface area (Å²) in [4.78, 5) is 19.4. The molecule has 4 aromatic carbocycles. The smallest absolute Gasteiger partial charge is 0.164 e. The maximum Gasteiger partial charge on any atom is 0.164 e. The Morgan fingerprint density at radius 2 is 1.17 bits per heavy atom. The lowest BCUT2D eigenvalue weighted by Crippen LogP contribution is -2.48. The number of rotatable bonds is 5. The SMILES string of the molecule is N#Cc1cccc2c(-c3nc(-c4ccc(C56C[C@H]7C[C@@H](C5)C[C@@H](C6)C7)cc4)nc(-c4cccc(-c5ccncc5)c4)n3)cccc12. The molecule has 46 heavy (non-hydrogen) atoms. The fourth-order valence-electron chi connectivity index (χ4n) is 9.18. The molecule has 222 valence electrons. The largest absolute Gasteiger partial charge is 0.265 e. The fourth-order valence-corrected chi connectivity index (χ4v) is 9.18. The van der Waals surface area contributed by atoms with Crippen LogP contribution in [0.15, 0.2) is 109 Å². The molecule has 5 heteroatoms. The zero-order chi connectivity index (χ0) is 30.7. The summed E-state index contributed by atoms with van der Waals surface area (Å²) < 4.78 is 0. The van der Waals surface area contributed by atoms with Gasteiger partial charge in [0.05, 0.1) is 11.6 Å². The molecule has 10 rings (SSSR count). The monoisotopic (exact) mass is 595 g/mol. The molecular weight excluding hydrogens is 562 g/mol. The molecule has 2 aromatic heterocycles. The number of fused-ring (bicyclic) bond motifs is 1. The summed E-state index contributed by atoms with van der Waals surface area (Å²) in [6, 6.07) is 35.7. The second-order valence-corrected chi connectivity index (χ2v) is 13.7. The topological polar surface area (TPSA) is 75.3 Å². The van der Waals surface area contributed by atoms with Crippen LogP contribution in [0.25, 0.3) is 56.1 Å². The highest BCUT2D eigenvalue weighted by molar-refractivity contribution is 5.98. The Morgan fingerprint density at radius 3 is 1.89 bits per heavy atom. The van der Waals surface area contributed by atoms with Gasteiger partial charge >= 0.3 is 0 Å². The van der Waals surface area contributed by atoms with E-state index in [-0.39, 0.29) is 0 Å². The first-order valence-electron chi connectivity index (χ1n) is 16.4. The van der Waals surface area contributed by atoms with E-state index in [4.69, 9.17) is 15.0 Å². The maximum absolute atomic E-state index is 9.80. The highest BCUT2D eigenvalue weighted by atomic mass is 15.0. The predicted molar refractivity (Wildman–Crippen MR) is 181 cm³/mol. The summed E-state index contributed by atoms with van der Waals surface area (Å²) in [5.74, 6) is 4.59. The van der Waals surface area contributed by atoms with Crippen LogP contribution in [0.2, 0.25) is 0 Å². The minimum atomic E-state index is 0.345. The van der Waals surface area contributed by atoms with Crippen LogP contribution in [0.3, 0.4) is 0 Å². The minimum Gasteiger partial charge on any atom is -0.265 e. The van der Waals surface area contributed by atoms with Gasteiger partial charge in [-0.2, -0.15) is 5.26 Å². The average Bonchev–Trinajstić information content (AvgIpc) is 3.11. The molecule has 0 N–H and O–H groups in total. The van der Waals surface area contributed by atoms with Gasteiger partial charge in [-0.25, -0.2) is 15.0 Å². The van der Waals surface area contributed by atoms with E-state index in [9.17, 15) is 5.26 Å². The molecule has 0 spiro atoms. The van der Waals surface area contributed by atoms with Gasteiger partial charge in [0.15, 0.2) is 17.5 Å². The van der Waals surface area contributed by atoms with E-state index in [1.54, 1.807) is 0 Å². The predicted octanol–water partition coefficient (Wildman–Crippen LogP) is 9.43. The van der Waals surface area contributed by atoms with Gasteiger partial charge in [0.25, 0.3) is 0 Å². The molecule has 0 atom stereocenters. The van der Waals surface area contributed by atoms with Gasteiger partial charge in [0, 0.05) is 34.5 Å². The Hall–Kier alpha value is -5.21. The van der Waals surface area contributed by atoms with Crippen molar-refractivity contribution in [2.24, 2.45) is 17.8 Å². The molecular formula is C41H33N5. The first kappa shape index (κ1) is 27.1. The molecule has 4 bridgehead atoms. The van der Waals surface area contributed by atoms with Gasteiger partial charge < -0.3 is 0 Å². The van der Waals surface area contributed by atoms with Gasteiger partial charge in [0.2, 0.25) is 0 Å². The average molecular weight is 596 g/mol. The first-order valence-corrected chi connectivity index (χ1v) is 16.4. The number of hydrogen-bond donors (Lipinski definition) is 0. The number of benzene rings is 4. The number of pyridine rings is 1. The highest BCUT2D eigenvalue weighted by Gasteiger charge is 2.51. The lowest BCUT2D eigenvalue weighted by molar-refractivity contribution is -0.00518. The number of aromatic nitrogens is 4. The third-order valence-electron chi connectivity index (χ3n) is 10.8. The second-order valence-electron chi connectivity index (χ2n) is 13.7. The Balaban J connectivity index is 1.17. The zero-order valence-corrected chi connectivity index (χ0v) is 25.6. The third-order valence-corrected chi connectivity index (χ3v) is 10.8. The Kier molecular flexibility index (Phi) is 6.31. The Bertz CT molecular complexity index is 2110. The summed E-state index contributed by atoms with van der Waals surface area (Å²) >= 11 is 0. The lowest BCUT2D eigenvalue weighted by Gasteiger charge is -2.57. The number of nitriles is 1. The molecule has 6 aromatic rings. The van der Waals surface area contributed by atoms with Crippen molar-refractivity contribution in [1.29, 1.82) is 5.26 Å². The highest BCUT2D eigenvalue weighted by Crippen LogP contribution is 2.60. The van der Waals surface area contributed by atoms with E-state index in [0.717, 1.165) is 56.3 Å². The standard InChI is InChI=1S/C41H33N5/c42-25-33-6-2-8-36-35(33)7-3-9-37(36)40-45-38(44-39(46-40)32-5-1-4-31(21-32)29-14-16-43-17-15-29)30-10-12-34(13-11-30)41-22-26-18-27(23-41)20-28(19-26)24-41/h1-17,21,26-28H,18-20,22-24H2/t26-,27+,28-,41?. The number of nitrogens with zero attached hydrogens (tertiary/aromatic N) is 5. The molecule has 0 saturated heterocycles. The Morgan fingerprint density at radius 1 is 0.565 bits per heavy atom. The van der Waals surface area contributed by atoms with Crippen LogP contribution in [0.5, 0.6) is 0 Å². The van der Waals surface area contributed by atoms with Crippen molar-refractivity contribution in [3.8, 4) is 51.4 Å². The van der Waals surface area contributed by atoms with Gasteiger partial charge in [0.1, 0.15) is 0 Å². The summed E-state index contributed by atoms with van der Waals surface area (Å²) in [7, 11) is 0. The first-order chi connectivity index (χ1) is 22.6. The lowest BCUT2D eigenvalue weighted by atomic mass is 9.48. The van der Waals surface area contributed by atoms with Gasteiger partial charge in [-0.15, -0.1) is 0 Å². The van der Waals surface area contributed by atoms with Crippen molar-refractivity contribution in [1.82, 2.24) is 19.9 Å². The van der Waals surface area contributed by atoms with Gasteiger partial charge in [-0.3, -0.25) is 4.98 Å². The van der Waals surface area contributed by atoms with Gasteiger partial charge in [-0.05, 0) is 108 Å².